The molecule has 0 saturated heterocycles. The lowest BCUT2D eigenvalue weighted by atomic mass is 9.84. The van der Waals surface area contributed by atoms with Crippen LogP contribution in [0.1, 0.15) is 36.0 Å². The molecule has 1 heterocycles. The summed E-state index contributed by atoms with van der Waals surface area (Å²) in [5.41, 5.74) is 6.35. The Hall–Kier alpha value is -2.14. The Kier molecular flexibility index (Phi) is 4.24. The first kappa shape index (κ1) is 14.8. The molecule has 0 aliphatic heterocycles. The summed E-state index contributed by atoms with van der Waals surface area (Å²) < 4.78 is 0. The fourth-order valence-corrected chi connectivity index (χ4v) is 3.24. The van der Waals surface area contributed by atoms with Gasteiger partial charge < -0.3 is 16.0 Å². The van der Waals surface area contributed by atoms with Crippen molar-refractivity contribution in [2.75, 3.05) is 6.54 Å². The molecule has 5 heteroatoms. The van der Waals surface area contributed by atoms with E-state index in [1.54, 1.807) is 6.07 Å². The maximum Gasteiger partial charge on any atom is 0.261 e. The molecule has 1 aromatic heterocycles. The van der Waals surface area contributed by atoms with E-state index in [0.717, 1.165) is 36.6 Å². The molecule has 3 rings (SSSR count). The van der Waals surface area contributed by atoms with Crippen molar-refractivity contribution in [2.24, 2.45) is 11.7 Å². The van der Waals surface area contributed by atoms with Crippen molar-refractivity contribution >= 4 is 16.8 Å². The van der Waals surface area contributed by atoms with Crippen LogP contribution in [0.4, 0.5) is 0 Å². The summed E-state index contributed by atoms with van der Waals surface area (Å²) in [4.78, 5) is 27.4. The summed E-state index contributed by atoms with van der Waals surface area (Å²) >= 11 is 0. The molecular weight excluding hydrogens is 278 g/mol. The second-order valence-electron chi connectivity index (χ2n) is 5.96. The van der Waals surface area contributed by atoms with Crippen LogP contribution in [0.15, 0.2) is 35.1 Å². The largest absolute Gasteiger partial charge is 0.349 e. The van der Waals surface area contributed by atoms with Gasteiger partial charge in [-0.05, 0) is 42.8 Å². The van der Waals surface area contributed by atoms with Gasteiger partial charge in [-0.25, -0.2) is 0 Å². The van der Waals surface area contributed by atoms with Gasteiger partial charge in [0.05, 0.1) is 0 Å². The molecule has 1 amide bonds. The Morgan fingerprint density at radius 2 is 2.05 bits per heavy atom. The van der Waals surface area contributed by atoms with Crippen LogP contribution < -0.4 is 16.6 Å². The maximum absolute atomic E-state index is 12.5. The van der Waals surface area contributed by atoms with Gasteiger partial charge in [0.15, 0.2) is 0 Å². The van der Waals surface area contributed by atoms with Crippen molar-refractivity contribution in [3.8, 4) is 0 Å². The van der Waals surface area contributed by atoms with Gasteiger partial charge >= 0.3 is 0 Å². The molecule has 22 heavy (non-hydrogen) atoms. The second kappa shape index (κ2) is 6.32. The lowest BCUT2D eigenvalue weighted by molar-refractivity contribution is 0.0906. The molecule has 0 radical (unpaired) electrons. The van der Waals surface area contributed by atoms with Crippen LogP contribution >= 0.6 is 0 Å². The average molecular weight is 299 g/mol. The number of hydrogen-bond acceptors (Lipinski definition) is 3. The Morgan fingerprint density at radius 3 is 2.86 bits per heavy atom. The molecule has 2 unspecified atom stereocenters. The molecule has 0 bridgehead atoms. The molecule has 4 N–H and O–H groups in total. The lowest BCUT2D eigenvalue weighted by Crippen LogP contribution is -2.45. The number of amides is 1. The molecule has 1 saturated carbocycles. The molecule has 2 aromatic rings. The fourth-order valence-electron chi connectivity index (χ4n) is 3.24. The summed E-state index contributed by atoms with van der Waals surface area (Å²) in [5, 5.41) is 3.86. The number of aromatic nitrogens is 1. The zero-order valence-corrected chi connectivity index (χ0v) is 12.5. The second-order valence-corrected chi connectivity index (χ2v) is 5.96. The third kappa shape index (κ3) is 2.90. The van der Waals surface area contributed by atoms with Gasteiger partial charge in [0, 0.05) is 11.6 Å². The van der Waals surface area contributed by atoms with E-state index < -0.39 is 0 Å². The highest BCUT2D eigenvalue weighted by Gasteiger charge is 2.26. The third-order valence-electron chi connectivity index (χ3n) is 4.53. The number of aromatic amines is 1. The number of hydrogen-bond donors (Lipinski definition) is 3. The van der Waals surface area contributed by atoms with Gasteiger partial charge in [0.1, 0.15) is 5.56 Å². The Labute approximate surface area is 128 Å². The fraction of sp³-hybridized carbons (Fsp3) is 0.412. The van der Waals surface area contributed by atoms with E-state index in [1.165, 1.54) is 0 Å². The minimum absolute atomic E-state index is 0.0668. The highest BCUT2D eigenvalue weighted by Crippen LogP contribution is 2.23. The number of benzene rings is 1. The van der Waals surface area contributed by atoms with Crippen LogP contribution in [0.2, 0.25) is 0 Å². The molecular formula is C17H21N3O2. The molecule has 1 fully saturated rings. The van der Waals surface area contributed by atoms with Crippen molar-refractivity contribution in [1.29, 1.82) is 0 Å². The number of nitrogens with two attached hydrogens (primary N) is 1. The lowest BCUT2D eigenvalue weighted by Gasteiger charge is -2.31. The normalized spacial score (nSPS) is 21.7. The van der Waals surface area contributed by atoms with Gasteiger partial charge in [-0.1, -0.05) is 31.0 Å². The number of rotatable bonds is 3. The number of H-pyrrole nitrogens is 1. The first-order valence-electron chi connectivity index (χ1n) is 7.82. The first-order valence-corrected chi connectivity index (χ1v) is 7.82. The minimum Gasteiger partial charge on any atom is -0.349 e. The van der Waals surface area contributed by atoms with Crippen LogP contribution in [0, 0.1) is 5.92 Å². The zero-order valence-electron chi connectivity index (χ0n) is 12.5. The van der Waals surface area contributed by atoms with Gasteiger partial charge in [-0.15, -0.1) is 0 Å². The van der Waals surface area contributed by atoms with E-state index >= 15 is 0 Å². The van der Waals surface area contributed by atoms with Crippen molar-refractivity contribution in [3.05, 3.63) is 46.2 Å². The average Bonchev–Trinajstić information content (AvgIpc) is 2.54. The van der Waals surface area contributed by atoms with Gasteiger partial charge in [-0.2, -0.15) is 0 Å². The van der Waals surface area contributed by atoms with Crippen LogP contribution in [-0.2, 0) is 0 Å². The van der Waals surface area contributed by atoms with E-state index in [4.69, 9.17) is 5.73 Å². The van der Waals surface area contributed by atoms with E-state index in [0.29, 0.717) is 12.5 Å². The van der Waals surface area contributed by atoms with E-state index in [2.05, 4.69) is 10.3 Å². The highest BCUT2D eigenvalue weighted by atomic mass is 16.2. The van der Waals surface area contributed by atoms with Crippen LogP contribution in [0.3, 0.4) is 0 Å². The number of carbonyl (C=O) groups excluding carboxylic acids is 1. The summed E-state index contributed by atoms with van der Waals surface area (Å²) in [6, 6.07) is 9.16. The standard InChI is InChI=1S/C17H21N3O2/c18-10-12-6-2-4-8-15(12)20-17(22)13-9-11-5-1-3-7-14(11)19-16(13)21/h1,3,5,7,9,12,15H,2,4,6,8,10,18H2,(H,19,21)(H,20,22). The predicted octanol–water partition coefficient (Wildman–Crippen LogP) is 1.78. The van der Waals surface area contributed by atoms with E-state index in [-0.39, 0.29) is 23.1 Å². The quantitative estimate of drug-likeness (QED) is 0.807. The zero-order chi connectivity index (χ0) is 15.5. The number of para-hydroxylation sites is 1. The van der Waals surface area contributed by atoms with Gasteiger partial charge in [0.25, 0.3) is 11.5 Å². The number of fused-ring (bicyclic) bond motifs is 1. The summed E-state index contributed by atoms with van der Waals surface area (Å²) in [6.45, 7) is 0.568. The van der Waals surface area contributed by atoms with Crippen LogP contribution in [0.25, 0.3) is 10.9 Å². The smallest absolute Gasteiger partial charge is 0.261 e. The van der Waals surface area contributed by atoms with Crippen molar-refractivity contribution in [3.63, 3.8) is 0 Å². The van der Waals surface area contributed by atoms with Crippen LogP contribution in [0.5, 0.6) is 0 Å². The van der Waals surface area contributed by atoms with Gasteiger partial charge in [-0.3, -0.25) is 9.59 Å². The Balaban J connectivity index is 1.85. The molecule has 1 aliphatic rings. The monoisotopic (exact) mass is 299 g/mol. The molecule has 5 nitrogen and oxygen atoms in total. The van der Waals surface area contributed by atoms with Crippen molar-refractivity contribution in [1.82, 2.24) is 10.3 Å². The van der Waals surface area contributed by atoms with Crippen molar-refractivity contribution < 1.29 is 4.79 Å². The molecule has 1 aliphatic carbocycles. The Morgan fingerprint density at radius 1 is 1.27 bits per heavy atom. The summed E-state index contributed by atoms with van der Waals surface area (Å²) in [5.74, 6) is -0.00501. The topological polar surface area (TPSA) is 88.0 Å². The number of pyridine rings is 1. The van der Waals surface area contributed by atoms with Gasteiger partial charge in [0.2, 0.25) is 0 Å². The minimum atomic E-state index is -0.351. The third-order valence-corrected chi connectivity index (χ3v) is 4.53. The highest BCUT2D eigenvalue weighted by molar-refractivity contribution is 5.97. The maximum atomic E-state index is 12.5. The molecule has 2 atom stereocenters. The SMILES string of the molecule is NCC1CCCCC1NC(=O)c1cc2ccccc2[nH]c1=O. The number of carbonyl (C=O) groups is 1. The molecule has 1 aromatic carbocycles. The van der Waals surface area contributed by atoms with E-state index in [1.807, 2.05) is 24.3 Å². The summed E-state index contributed by atoms with van der Waals surface area (Å²) in [7, 11) is 0. The van der Waals surface area contributed by atoms with Crippen molar-refractivity contribution in [2.45, 2.75) is 31.7 Å². The van der Waals surface area contributed by atoms with E-state index in [9.17, 15) is 9.59 Å². The predicted molar refractivity (Wildman–Crippen MR) is 86.8 cm³/mol. The van der Waals surface area contributed by atoms with Crippen LogP contribution in [-0.4, -0.2) is 23.5 Å². The molecule has 0 spiro atoms. The number of nitrogens with one attached hydrogen (secondary N) is 2. The first-order chi connectivity index (χ1) is 10.7. The Bertz CT molecular complexity index is 738. The molecule has 116 valence electrons. The summed E-state index contributed by atoms with van der Waals surface area (Å²) in [6.07, 6.45) is 4.22.